The molecule has 4 nitrogen and oxygen atoms in total. The molecule has 0 spiro atoms. The molecule has 2 atom stereocenters. The summed E-state index contributed by atoms with van der Waals surface area (Å²) in [6.07, 6.45) is 3.20. The number of rotatable bonds is 1. The van der Waals surface area contributed by atoms with Gasteiger partial charge >= 0.3 is 0 Å². The van der Waals surface area contributed by atoms with E-state index < -0.39 is 0 Å². The Hall–Kier alpha value is -1.55. The minimum Gasteiger partial charge on any atom is -0.399 e. The normalized spacial score (nSPS) is 25.3. The largest absolute Gasteiger partial charge is 0.399 e. The van der Waals surface area contributed by atoms with Crippen LogP contribution in [-0.2, 0) is 4.74 Å². The molecule has 1 aromatic carbocycles. The second-order valence-corrected chi connectivity index (χ2v) is 4.33. The van der Waals surface area contributed by atoms with E-state index in [0.29, 0.717) is 6.04 Å². The second-order valence-electron chi connectivity index (χ2n) is 4.33. The number of nitrogens with zero attached hydrogens (tertiary/aromatic N) is 2. The molecule has 1 aliphatic heterocycles. The van der Waals surface area contributed by atoms with E-state index >= 15 is 0 Å². The molecule has 2 heterocycles. The van der Waals surface area contributed by atoms with Crippen molar-refractivity contribution < 1.29 is 4.74 Å². The highest BCUT2D eigenvalue weighted by Gasteiger charge is 2.26. The molecule has 2 aromatic rings. The minimum atomic E-state index is 0.259. The average Bonchev–Trinajstić information content (AvgIpc) is 2.83. The highest BCUT2D eigenvalue weighted by molar-refractivity contribution is 5.79. The third kappa shape index (κ3) is 1.38. The molecular weight excluding hydrogens is 202 g/mol. The number of hydrogen-bond acceptors (Lipinski definition) is 3. The van der Waals surface area contributed by atoms with Crippen molar-refractivity contribution in [3.63, 3.8) is 0 Å². The van der Waals surface area contributed by atoms with Crippen LogP contribution in [0.4, 0.5) is 5.69 Å². The van der Waals surface area contributed by atoms with Gasteiger partial charge in [-0.1, -0.05) is 0 Å². The summed E-state index contributed by atoms with van der Waals surface area (Å²) in [5.41, 5.74) is 8.59. The van der Waals surface area contributed by atoms with Crippen molar-refractivity contribution in [2.24, 2.45) is 0 Å². The molecule has 2 unspecified atom stereocenters. The van der Waals surface area contributed by atoms with Gasteiger partial charge in [0.15, 0.2) is 0 Å². The summed E-state index contributed by atoms with van der Waals surface area (Å²) in [6, 6.07) is 6.25. The van der Waals surface area contributed by atoms with Gasteiger partial charge in [-0.3, -0.25) is 0 Å². The van der Waals surface area contributed by atoms with Crippen molar-refractivity contribution in [2.75, 3.05) is 12.3 Å². The predicted octanol–water partition coefficient (Wildman–Crippen LogP) is 1.97. The van der Waals surface area contributed by atoms with E-state index in [1.54, 1.807) is 0 Å². The SMILES string of the molecule is CC1OCCC1n1cnc2cc(N)ccc21. The Morgan fingerprint density at radius 3 is 3.12 bits per heavy atom. The van der Waals surface area contributed by atoms with Crippen molar-refractivity contribution in [3.8, 4) is 0 Å². The number of benzene rings is 1. The summed E-state index contributed by atoms with van der Waals surface area (Å²) >= 11 is 0. The maximum atomic E-state index is 5.74. The topological polar surface area (TPSA) is 53.1 Å². The van der Waals surface area contributed by atoms with E-state index in [0.717, 1.165) is 29.7 Å². The predicted molar refractivity (Wildman–Crippen MR) is 63.2 cm³/mol. The van der Waals surface area contributed by atoms with Crippen LogP contribution in [0.15, 0.2) is 24.5 Å². The van der Waals surface area contributed by atoms with Gasteiger partial charge in [0.1, 0.15) is 0 Å². The fourth-order valence-corrected chi connectivity index (χ4v) is 2.40. The molecule has 0 amide bonds. The zero-order chi connectivity index (χ0) is 11.1. The lowest BCUT2D eigenvalue weighted by Crippen LogP contribution is -2.15. The lowest BCUT2D eigenvalue weighted by molar-refractivity contribution is 0.108. The van der Waals surface area contributed by atoms with Crippen LogP contribution in [0.3, 0.4) is 0 Å². The fourth-order valence-electron chi connectivity index (χ4n) is 2.40. The van der Waals surface area contributed by atoms with Crippen LogP contribution < -0.4 is 5.73 Å². The first-order valence-electron chi connectivity index (χ1n) is 5.59. The van der Waals surface area contributed by atoms with Gasteiger partial charge in [-0.15, -0.1) is 0 Å². The maximum absolute atomic E-state index is 5.74. The number of aromatic nitrogens is 2. The smallest absolute Gasteiger partial charge is 0.0961 e. The van der Waals surface area contributed by atoms with Crippen molar-refractivity contribution in [2.45, 2.75) is 25.5 Å². The highest BCUT2D eigenvalue weighted by atomic mass is 16.5. The number of imidazole rings is 1. The van der Waals surface area contributed by atoms with Gasteiger partial charge in [-0.05, 0) is 31.5 Å². The van der Waals surface area contributed by atoms with Gasteiger partial charge in [0.05, 0.1) is 29.5 Å². The first kappa shape index (κ1) is 9.66. The van der Waals surface area contributed by atoms with Crippen LogP contribution in [0.25, 0.3) is 11.0 Å². The zero-order valence-electron chi connectivity index (χ0n) is 9.26. The number of fused-ring (bicyclic) bond motifs is 1. The van der Waals surface area contributed by atoms with E-state index in [4.69, 9.17) is 10.5 Å². The molecule has 16 heavy (non-hydrogen) atoms. The summed E-state index contributed by atoms with van der Waals surface area (Å²) in [7, 11) is 0. The average molecular weight is 217 g/mol. The summed E-state index contributed by atoms with van der Waals surface area (Å²) in [5, 5.41) is 0. The minimum absolute atomic E-state index is 0.259. The number of anilines is 1. The molecule has 0 radical (unpaired) electrons. The molecule has 1 aromatic heterocycles. The Morgan fingerprint density at radius 2 is 2.38 bits per heavy atom. The van der Waals surface area contributed by atoms with E-state index in [9.17, 15) is 0 Å². The maximum Gasteiger partial charge on any atom is 0.0961 e. The molecule has 4 heteroatoms. The van der Waals surface area contributed by atoms with Gasteiger partial charge in [-0.2, -0.15) is 0 Å². The third-order valence-electron chi connectivity index (χ3n) is 3.29. The van der Waals surface area contributed by atoms with E-state index in [1.165, 1.54) is 0 Å². The molecule has 0 bridgehead atoms. The van der Waals surface area contributed by atoms with Crippen LogP contribution in [-0.4, -0.2) is 22.3 Å². The summed E-state index contributed by atoms with van der Waals surface area (Å²) in [4.78, 5) is 4.39. The summed E-state index contributed by atoms with van der Waals surface area (Å²) in [5.74, 6) is 0. The Kier molecular flexibility index (Phi) is 2.11. The van der Waals surface area contributed by atoms with Crippen molar-refractivity contribution in [1.29, 1.82) is 0 Å². The van der Waals surface area contributed by atoms with Gasteiger partial charge < -0.3 is 15.0 Å². The van der Waals surface area contributed by atoms with Crippen LogP contribution in [0.5, 0.6) is 0 Å². The lowest BCUT2D eigenvalue weighted by Gasteiger charge is -2.16. The number of nitrogens with two attached hydrogens (primary N) is 1. The van der Waals surface area contributed by atoms with Gasteiger partial charge in [0.2, 0.25) is 0 Å². The van der Waals surface area contributed by atoms with Crippen molar-refractivity contribution in [3.05, 3.63) is 24.5 Å². The first-order chi connectivity index (χ1) is 7.75. The zero-order valence-corrected chi connectivity index (χ0v) is 9.26. The molecule has 2 N–H and O–H groups in total. The Morgan fingerprint density at radius 1 is 1.50 bits per heavy atom. The first-order valence-corrected chi connectivity index (χ1v) is 5.59. The van der Waals surface area contributed by atoms with Crippen LogP contribution in [0, 0.1) is 0 Å². The Balaban J connectivity index is 2.10. The fraction of sp³-hybridized carbons (Fsp3) is 0.417. The number of ether oxygens (including phenoxy) is 1. The lowest BCUT2D eigenvalue weighted by atomic mass is 10.1. The molecule has 1 fully saturated rings. The van der Waals surface area contributed by atoms with Crippen molar-refractivity contribution in [1.82, 2.24) is 9.55 Å². The van der Waals surface area contributed by atoms with Crippen molar-refractivity contribution >= 4 is 16.7 Å². The molecular formula is C12H15N3O. The molecule has 0 saturated carbocycles. The number of nitrogen functional groups attached to an aromatic ring is 1. The van der Waals surface area contributed by atoms with Gasteiger partial charge in [-0.25, -0.2) is 4.98 Å². The van der Waals surface area contributed by atoms with Crippen LogP contribution in [0.2, 0.25) is 0 Å². The molecule has 3 rings (SSSR count). The monoisotopic (exact) mass is 217 g/mol. The Bertz CT molecular complexity index is 520. The molecule has 1 saturated heterocycles. The van der Waals surface area contributed by atoms with E-state index in [-0.39, 0.29) is 6.10 Å². The Labute approximate surface area is 94.0 Å². The third-order valence-corrected chi connectivity index (χ3v) is 3.29. The standard InChI is InChI=1S/C12H15N3O/c1-8-11(4-5-16-8)15-7-14-10-6-9(13)2-3-12(10)15/h2-3,6-8,11H,4-5,13H2,1H3. The van der Waals surface area contributed by atoms with Crippen LogP contribution in [0.1, 0.15) is 19.4 Å². The van der Waals surface area contributed by atoms with E-state index in [1.807, 2.05) is 24.5 Å². The molecule has 84 valence electrons. The van der Waals surface area contributed by atoms with E-state index in [2.05, 4.69) is 16.5 Å². The van der Waals surface area contributed by atoms with Crippen LogP contribution >= 0.6 is 0 Å². The summed E-state index contributed by atoms with van der Waals surface area (Å²) < 4.78 is 7.79. The second kappa shape index (κ2) is 3.49. The van der Waals surface area contributed by atoms with Gasteiger partial charge in [0, 0.05) is 12.3 Å². The molecule has 0 aliphatic carbocycles. The highest BCUT2D eigenvalue weighted by Crippen LogP contribution is 2.29. The number of hydrogen-bond donors (Lipinski definition) is 1. The summed E-state index contributed by atoms with van der Waals surface area (Å²) in [6.45, 7) is 2.95. The molecule has 1 aliphatic rings. The van der Waals surface area contributed by atoms with Gasteiger partial charge in [0.25, 0.3) is 0 Å². The quantitative estimate of drug-likeness (QED) is 0.743.